The Morgan fingerprint density at radius 2 is 2.21 bits per heavy atom. The molecule has 7 heteroatoms. The summed E-state index contributed by atoms with van der Waals surface area (Å²) in [6.07, 6.45) is 1.41. The van der Waals surface area contributed by atoms with Crippen molar-refractivity contribution in [3.63, 3.8) is 0 Å². The van der Waals surface area contributed by atoms with Crippen molar-refractivity contribution >= 4 is 50.3 Å². The van der Waals surface area contributed by atoms with Crippen LogP contribution < -0.4 is 5.56 Å². The van der Waals surface area contributed by atoms with Crippen LogP contribution in [0.3, 0.4) is 0 Å². The van der Waals surface area contributed by atoms with Crippen molar-refractivity contribution in [1.82, 2.24) is 9.55 Å². The summed E-state index contributed by atoms with van der Waals surface area (Å²) in [5.41, 5.74) is -0.192. The topological polar surface area (TPSA) is 52.0 Å². The Balaban J connectivity index is 1.95. The largest absolute Gasteiger partial charge is 0.291 e. The quantitative estimate of drug-likeness (QED) is 0.699. The average molecular weight is 311 g/mol. The van der Waals surface area contributed by atoms with E-state index in [1.54, 1.807) is 18.2 Å². The van der Waals surface area contributed by atoms with Crippen LogP contribution in [0.5, 0.6) is 0 Å². The van der Waals surface area contributed by atoms with E-state index in [0.29, 0.717) is 19.4 Å². The van der Waals surface area contributed by atoms with Crippen molar-refractivity contribution in [3.05, 3.63) is 49.5 Å². The van der Waals surface area contributed by atoms with E-state index in [9.17, 15) is 9.59 Å². The molecule has 19 heavy (non-hydrogen) atoms. The Labute approximate surface area is 120 Å². The Hall–Kier alpha value is -1.50. The van der Waals surface area contributed by atoms with Crippen molar-refractivity contribution in [3.8, 4) is 0 Å². The van der Waals surface area contributed by atoms with E-state index in [-0.39, 0.29) is 17.9 Å². The van der Waals surface area contributed by atoms with Crippen LogP contribution in [0.4, 0.5) is 0 Å². The molecule has 0 spiro atoms. The predicted molar refractivity (Wildman–Crippen MR) is 77.5 cm³/mol. The van der Waals surface area contributed by atoms with Gasteiger partial charge in [-0.05, 0) is 23.6 Å². The Morgan fingerprint density at radius 3 is 2.95 bits per heavy atom. The summed E-state index contributed by atoms with van der Waals surface area (Å²) >= 11 is 8.40. The van der Waals surface area contributed by atoms with E-state index in [4.69, 9.17) is 11.6 Å². The highest BCUT2D eigenvalue weighted by Crippen LogP contribution is 2.22. The SMILES string of the molecule is O=C(Cn1cnc2sccc2c1=O)c1ccc(Cl)s1. The second-order valence-electron chi connectivity index (χ2n) is 3.84. The van der Waals surface area contributed by atoms with Crippen LogP contribution in [0.15, 0.2) is 34.7 Å². The summed E-state index contributed by atoms with van der Waals surface area (Å²) in [4.78, 5) is 29.5. The molecule has 0 atom stereocenters. The Kier molecular flexibility index (Phi) is 3.22. The van der Waals surface area contributed by atoms with Gasteiger partial charge >= 0.3 is 0 Å². The number of fused-ring (bicyclic) bond motifs is 1. The summed E-state index contributed by atoms with van der Waals surface area (Å²) in [7, 11) is 0. The maximum atomic E-state index is 12.1. The average Bonchev–Trinajstić information content (AvgIpc) is 3.01. The minimum atomic E-state index is -0.192. The van der Waals surface area contributed by atoms with E-state index >= 15 is 0 Å². The lowest BCUT2D eigenvalue weighted by Gasteiger charge is -2.02. The van der Waals surface area contributed by atoms with Gasteiger partial charge in [0.2, 0.25) is 0 Å². The van der Waals surface area contributed by atoms with Crippen molar-refractivity contribution in [1.29, 1.82) is 0 Å². The molecule has 0 amide bonds. The molecule has 3 aromatic heterocycles. The highest BCUT2D eigenvalue weighted by Gasteiger charge is 2.12. The van der Waals surface area contributed by atoms with Crippen LogP contribution in [-0.4, -0.2) is 15.3 Å². The number of carbonyl (C=O) groups is 1. The van der Waals surface area contributed by atoms with E-state index < -0.39 is 0 Å². The fourth-order valence-corrected chi connectivity index (χ4v) is 3.40. The number of ketones is 1. The lowest BCUT2D eigenvalue weighted by molar-refractivity contribution is 0.0974. The van der Waals surface area contributed by atoms with Gasteiger partial charge < -0.3 is 0 Å². The first-order chi connectivity index (χ1) is 9.15. The third kappa shape index (κ3) is 2.34. The van der Waals surface area contributed by atoms with Crippen LogP contribution in [-0.2, 0) is 6.54 Å². The van der Waals surface area contributed by atoms with Gasteiger partial charge in [0.05, 0.1) is 27.5 Å². The molecule has 0 aromatic carbocycles. The van der Waals surface area contributed by atoms with Crippen LogP contribution >= 0.6 is 34.3 Å². The molecule has 3 heterocycles. The van der Waals surface area contributed by atoms with Crippen LogP contribution in [0.2, 0.25) is 4.34 Å². The summed E-state index contributed by atoms with van der Waals surface area (Å²) in [5, 5.41) is 2.36. The summed E-state index contributed by atoms with van der Waals surface area (Å²) in [6, 6.07) is 5.05. The minimum absolute atomic E-state index is 0.0194. The van der Waals surface area contributed by atoms with E-state index in [0.717, 1.165) is 0 Å². The van der Waals surface area contributed by atoms with Crippen LogP contribution in [0.1, 0.15) is 9.67 Å². The number of thiophene rings is 2. The molecule has 0 N–H and O–H groups in total. The Morgan fingerprint density at radius 1 is 1.37 bits per heavy atom. The van der Waals surface area contributed by atoms with Crippen molar-refractivity contribution in [2.24, 2.45) is 0 Å². The van der Waals surface area contributed by atoms with Crippen LogP contribution in [0, 0.1) is 0 Å². The maximum absolute atomic E-state index is 12.1. The number of aromatic nitrogens is 2. The van der Waals surface area contributed by atoms with Crippen molar-refractivity contribution in [2.75, 3.05) is 0 Å². The molecular weight excluding hydrogens is 304 g/mol. The number of Topliss-reactive ketones (excluding diaryl/α,β-unsaturated/α-hetero) is 1. The first-order valence-electron chi connectivity index (χ1n) is 5.36. The fraction of sp³-hybridized carbons (Fsp3) is 0.0833. The molecule has 0 fully saturated rings. The first-order valence-corrected chi connectivity index (χ1v) is 7.44. The molecule has 3 aromatic rings. The van der Waals surface area contributed by atoms with E-state index in [2.05, 4.69) is 4.98 Å². The first kappa shape index (κ1) is 12.5. The number of rotatable bonds is 3. The van der Waals surface area contributed by atoms with Gasteiger partial charge in [-0.3, -0.25) is 14.2 Å². The van der Waals surface area contributed by atoms with Gasteiger partial charge in [-0.2, -0.15) is 0 Å². The predicted octanol–water partition coefficient (Wildman–Crippen LogP) is 3.06. The summed E-state index contributed by atoms with van der Waals surface area (Å²) in [6.45, 7) is -0.0194. The molecule has 0 aliphatic heterocycles. The summed E-state index contributed by atoms with van der Waals surface area (Å²) < 4.78 is 1.88. The normalized spacial score (nSPS) is 11.0. The Bertz CT molecular complexity index is 818. The molecule has 0 aliphatic carbocycles. The van der Waals surface area contributed by atoms with E-state index in [1.165, 1.54) is 33.6 Å². The molecule has 0 bridgehead atoms. The van der Waals surface area contributed by atoms with Gasteiger partial charge in [-0.25, -0.2) is 4.98 Å². The zero-order chi connectivity index (χ0) is 13.4. The molecule has 96 valence electrons. The molecule has 0 unspecified atom stereocenters. The lowest BCUT2D eigenvalue weighted by atomic mass is 10.3. The zero-order valence-corrected chi connectivity index (χ0v) is 11.9. The number of halogens is 1. The van der Waals surface area contributed by atoms with Crippen molar-refractivity contribution < 1.29 is 4.79 Å². The second-order valence-corrected chi connectivity index (χ2v) is 6.45. The molecular formula is C12H7ClN2O2S2. The van der Waals surface area contributed by atoms with Gasteiger partial charge in [0.1, 0.15) is 4.83 Å². The van der Waals surface area contributed by atoms with Crippen molar-refractivity contribution in [2.45, 2.75) is 6.54 Å². The third-order valence-corrected chi connectivity index (χ3v) is 4.71. The van der Waals surface area contributed by atoms with Gasteiger partial charge in [0.25, 0.3) is 5.56 Å². The third-order valence-electron chi connectivity index (χ3n) is 2.61. The lowest BCUT2D eigenvalue weighted by Crippen LogP contribution is -2.23. The number of carbonyl (C=O) groups excluding carboxylic acids is 1. The molecule has 3 rings (SSSR count). The molecule has 4 nitrogen and oxygen atoms in total. The fourth-order valence-electron chi connectivity index (χ4n) is 1.70. The number of nitrogens with zero attached hydrogens (tertiary/aromatic N) is 2. The standard InChI is InChI=1S/C12H7ClN2O2S2/c13-10-2-1-9(19-10)8(16)5-15-6-14-11-7(12(15)17)3-4-18-11/h1-4,6H,5H2. The van der Waals surface area contributed by atoms with E-state index in [1.807, 2.05) is 5.38 Å². The van der Waals surface area contributed by atoms with Gasteiger partial charge in [-0.1, -0.05) is 11.6 Å². The molecule has 0 radical (unpaired) electrons. The highest BCUT2D eigenvalue weighted by atomic mass is 35.5. The van der Waals surface area contributed by atoms with Crippen LogP contribution in [0.25, 0.3) is 10.2 Å². The highest BCUT2D eigenvalue weighted by molar-refractivity contribution is 7.18. The van der Waals surface area contributed by atoms with Gasteiger partial charge in [0.15, 0.2) is 5.78 Å². The molecule has 0 saturated carbocycles. The smallest absolute Gasteiger partial charge is 0.262 e. The molecule has 0 saturated heterocycles. The molecule has 0 aliphatic rings. The van der Waals surface area contributed by atoms with Gasteiger partial charge in [0, 0.05) is 0 Å². The van der Waals surface area contributed by atoms with Gasteiger partial charge in [-0.15, -0.1) is 22.7 Å². The monoisotopic (exact) mass is 310 g/mol. The zero-order valence-electron chi connectivity index (χ0n) is 9.50. The maximum Gasteiger partial charge on any atom is 0.262 e. The second kappa shape index (κ2) is 4.88. The summed E-state index contributed by atoms with van der Waals surface area (Å²) in [5.74, 6) is -0.143. The minimum Gasteiger partial charge on any atom is -0.291 e. The number of hydrogen-bond acceptors (Lipinski definition) is 5. The number of hydrogen-bond donors (Lipinski definition) is 0.